The Labute approximate surface area is 123 Å². The van der Waals surface area contributed by atoms with Crippen molar-refractivity contribution in [2.75, 3.05) is 46.8 Å². The monoisotopic (exact) mass is 308 g/mol. The fraction of sp³-hybridized carbons (Fsp3) is 0.769. The molecular formula is C13H24O8. The molecule has 8 nitrogen and oxygen atoms in total. The molecule has 3 N–H and O–H groups in total. The third kappa shape index (κ3) is 15.2. The van der Waals surface area contributed by atoms with Gasteiger partial charge in [-0.1, -0.05) is 6.58 Å². The summed E-state index contributed by atoms with van der Waals surface area (Å²) in [7, 11) is 1.31. The molecule has 2 fully saturated rings. The minimum Gasteiger partial charge on any atom is -0.466 e. The predicted octanol–water partition coefficient (Wildman–Crippen LogP) is -1.52. The van der Waals surface area contributed by atoms with E-state index in [4.69, 9.17) is 29.5 Å². The van der Waals surface area contributed by atoms with Crippen LogP contribution >= 0.6 is 0 Å². The van der Waals surface area contributed by atoms with Crippen molar-refractivity contribution in [1.29, 1.82) is 0 Å². The molecule has 21 heavy (non-hydrogen) atoms. The number of rotatable bonds is 7. The predicted molar refractivity (Wildman–Crippen MR) is 72.7 cm³/mol. The number of hydrogen-bond acceptors (Lipinski definition) is 8. The first-order chi connectivity index (χ1) is 10.1. The Kier molecular flexibility index (Phi) is 12.1. The van der Waals surface area contributed by atoms with Gasteiger partial charge in [-0.25, -0.2) is 4.79 Å². The van der Waals surface area contributed by atoms with Gasteiger partial charge in [0.15, 0.2) is 0 Å². The molecule has 0 aromatic carbocycles. The lowest BCUT2D eigenvalue weighted by atomic mass is 10.4. The summed E-state index contributed by atoms with van der Waals surface area (Å²) in [5.74, 6) is -0.394. The van der Waals surface area contributed by atoms with E-state index in [0.717, 1.165) is 32.5 Å². The summed E-state index contributed by atoms with van der Waals surface area (Å²) >= 11 is 0. The van der Waals surface area contributed by atoms with E-state index in [0.29, 0.717) is 12.2 Å². The normalized spacial score (nSPS) is 21.4. The smallest absolute Gasteiger partial charge is 0.329 e. The van der Waals surface area contributed by atoms with E-state index < -0.39 is 12.1 Å². The largest absolute Gasteiger partial charge is 0.466 e. The van der Waals surface area contributed by atoms with Gasteiger partial charge in [-0.15, -0.1) is 0 Å². The summed E-state index contributed by atoms with van der Waals surface area (Å²) in [5, 5.41) is 24.0. The van der Waals surface area contributed by atoms with Crippen molar-refractivity contribution in [3.63, 3.8) is 0 Å². The van der Waals surface area contributed by atoms with Crippen molar-refractivity contribution in [3.8, 4) is 0 Å². The van der Waals surface area contributed by atoms with Crippen molar-refractivity contribution in [2.45, 2.75) is 18.3 Å². The fourth-order valence-corrected chi connectivity index (χ4v) is 0.801. The van der Waals surface area contributed by atoms with E-state index in [9.17, 15) is 4.79 Å². The molecule has 0 bridgehead atoms. The van der Waals surface area contributed by atoms with Gasteiger partial charge in [0.2, 0.25) is 0 Å². The maximum Gasteiger partial charge on any atom is 0.329 e. The Balaban J connectivity index is 0.000000300. The topological polar surface area (TPSA) is 121 Å². The zero-order valence-electron chi connectivity index (χ0n) is 12.1. The lowest BCUT2D eigenvalue weighted by molar-refractivity contribution is -0.134. The summed E-state index contributed by atoms with van der Waals surface area (Å²) in [4.78, 5) is 9.84. The van der Waals surface area contributed by atoms with E-state index in [1.165, 1.54) is 7.11 Å². The summed E-state index contributed by atoms with van der Waals surface area (Å²) in [6.45, 7) is 5.69. The zero-order chi connectivity index (χ0) is 16.1. The van der Waals surface area contributed by atoms with Gasteiger partial charge in [-0.2, -0.15) is 0 Å². The number of carbonyl (C=O) groups is 1. The molecule has 2 aliphatic rings. The average molecular weight is 308 g/mol. The first kappa shape index (κ1) is 20.0. The Hall–Kier alpha value is -1.03. The first-order valence-corrected chi connectivity index (χ1v) is 6.48. The fourth-order valence-electron chi connectivity index (χ4n) is 0.801. The summed E-state index contributed by atoms with van der Waals surface area (Å²) in [6.07, 6.45) is 0.942. The maximum atomic E-state index is 9.84. The van der Waals surface area contributed by atoms with Crippen LogP contribution in [0.15, 0.2) is 12.7 Å². The van der Waals surface area contributed by atoms with E-state index in [2.05, 4.69) is 11.3 Å². The Morgan fingerprint density at radius 2 is 1.71 bits per heavy atom. The molecule has 0 aromatic heterocycles. The summed E-state index contributed by atoms with van der Waals surface area (Å²) in [5.41, 5.74) is 0. The molecule has 0 amide bonds. The van der Waals surface area contributed by atoms with Crippen LogP contribution in [-0.4, -0.2) is 86.4 Å². The van der Waals surface area contributed by atoms with Crippen LogP contribution in [0.25, 0.3) is 0 Å². The third-order valence-corrected chi connectivity index (χ3v) is 2.20. The van der Waals surface area contributed by atoms with Crippen LogP contribution in [0.1, 0.15) is 0 Å². The van der Waals surface area contributed by atoms with Crippen molar-refractivity contribution >= 4 is 5.97 Å². The Morgan fingerprint density at radius 1 is 1.29 bits per heavy atom. The summed E-state index contributed by atoms with van der Waals surface area (Å²) < 4.78 is 19.3. The molecule has 2 heterocycles. The number of aliphatic hydroxyl groups excluding tert-OH is 3. The molecule has 0 aliphatic carbocycles. The second-order valence-corrected chi connectivity index (χ2v) is 4.19. The van der Waals surface area contributed by atoms with Crippen LogP contribution in [0.3, 0.4) is 0 Å². The molecule has 0 radical (unpaired) electrons. The van der Waals surface area contributed by atoms with Gasteiger partial charge in [0.25, 0.3) is 0 Å². The molecule has 124 valence electrons. The first-order valence-electron chi connectivity index (χ1n) is 6.48. The number of methoxy groups -OCH3 is 1. The highest BCUT2D eigenvalue weighted by atomic mass is 16.6. The number of carbonyl (C=O) groups excluding carboxylic acids is 1. The number of epoxide rings is 2. The minimum absolute atomic E-state index is 0.365. The summed E-state index contributed by atoms with van der Waals surface area (Å²) in [6, 6.07) is 0. The lowest BCUT2D eigenvalue weighted by Gasteiger charge is -1.96. The van der Waals surface area contributed by atoms with Crippen molar-refractivity contribution in [1.82, 2.24) is 0 Å². The number of ether oxygens (including phenoxy) is 4. The number of aliphatic hydroxyl groups is 3. The van der Waals surface area contributed by atoms with Gasteiger partial charge in [0.05, 0.1) is 46.8 Å². The third-order valence-electron chi connectivity index (χ3n) is 2.20. The molecule has 0 spiro atoms. The van der Waals surface area contributed by atoms with Crippen LogP contribution in [0, 0.1) is 0 Å². The zero-order valence-corrected chi connectivity index (χ0v) is 12.1. The van der Waals surface area contributed by atoms with Gasteiger partial charge in [-0.05, 0) is 0 Å². The van der Waals surface area contributed by atoms with Gasteiger partial charge < -0.3 is 34.3 Å². The molecular weight excluding hydrogens is 284 g/mol. The SMILES string of the molecule is C(OCC1CO1)C1CO1.C=CC(=O)OC.OCC(O)CO. The van der Waals surface area contributed by atoms with Gasteiger partial charge in [-0.3, -0.25) is 0 Å². The van der Waals surface area contributed by atoms with Crippen molar-refractivity contribution in [3.05, 3.63) is 12.7 Å². The number of esters is 1. The van der Waals surface area contributed by atoms with Crippen LogP contribution in [0.4, 0.5) is 0 Å². The standard InChI is InChI=1S/C6H10O3.C4H6O2.C3H8O3/c1(5-3-8-5)7-2-6-4-9-6;1-3-4(5)6-2;4-1-3(6)2-5/h5-6H,1-4H2;3H,1H2,2H3;3-6H,1-2H2. The lowest BCUT2D eigenvalue weighted by Crippen LogP contribution is -2.15. The average Bonchev–Trinajstić information content (AvgIpc) is 3.41. The molecule has 2 unspecified atom stereocenters. The van der Waals surface area contributed by atoms with Gasteiger partial charge >= 0.3 is 5.97 Å². The van der Waals surface area contributed by atoms with Crippen LogP contribution in [0.2, 0.25) is 0 Å². The van der Waals surface area contributed by atoms with Crippen LogP contribution in [0.5, 0.6) is 0 Å². The molecule has 2 atom stereocenters. The van der Waals surface area contributed by atoms with Crippen molar-refractivity contribution < 1.29 is 39.1 Å². The van der Waals surface area contributed by atoms with E-state index in [1.807, 2.05) is 0 Å². The molecule has 2 rings (SSSR count). The second kappa shape index (κ2) is 12.7. The Morgan fingerprint density at radius 3 is 1.86 bits per heavy atom. The highest BCUT2D eigenvalue weighted by molar-refractivity contribution is 5.80. The van der Waals surface area contributed by atoms with E-state index >= 15 is 0 Å². The van der Waals surface area contributed by atoms with Gasteiger partial charge in [0.1, 0.15) is 18.3 Å². The van der Waals surface area contributed by atoms with Gasteiger partial charge in [0, 0.05) is 6.08 Å². The van der Waals surface area contributed by atoms with Crippen LogP contribution < -0.4 is 0 Å². The maximum absolute atomic E-state index is 9.84. The second-order valence-electron chi connectivity index (χ2n) is 4.19. The number of hydrogen-bond donors (Lipinski definition) is 3. The molecule has 2 saturated heterocycles. The molecule has 0 saturated carbocycles. The van der Waals surface area contributed by atoms with Crippen LogP contribution in [-0.2, 0) is 23.7 Å². The van der Waals surface area contributed by atoms with E-state index in [-0.39, 0.29) is 13.2 Å². The minimum atomic E-state index is -0.954. The molecule has 0 aromatic rings. The quantitative estimate of drug-likeness (QED) is 0.294. The highest BCUT2D eigenvalue weighted by Crippen LogP contribution is 2.12. The Bertz CT molecular complexity index is 259. The van der Waals surface area contributed by atoms with E-state index in [1.54, 1.807) is 0 Å². The molecule has 2 aliphatic heterocycles. The highest BCUT2D eigenvalue weighted by Gasteiger charge is 2.26. The molecule has 8 heteroatoms. The van der Waals surface area contributed by atoms with Crippen molar-refractivity contribution in [2.24, 2.45) is 0 Å².